The zero-order valence-electron chi connectivity index (χ0n) is 26.2. The van der Waals surface area contributed by atoms with Gasteiger partial charge in [0.1, 0.15) is 0 Å². The van der Waals surface area contributed by atoms with E-state index >= 15 is 0 Å². The first-order valence-corrected chi connectivity index (χ1v) is 15.9. The van der Waals surface area contributed by atoms with E-state index in [9.17, 15) is 0 Å². The molecule has 228 valence electrons. The van der Waals surface area contributed by atoms with E-state index < -0.39 is 5.79 Å². The zero-order valence-corrected chi connectivity index (χ0v) is 27.9. The minimum Gasteiger partial charge on any atom is -0.350 e. The van der Waals surface area contributed by atoms with Gasteiger partial charge >= 0.3 is 0 Å². The molecule has 0 saturated carbocycles. The van der Waals surface area contributed by atoms with Gasteiger partial charge in [-0.15, -0.1) is 17.0 Å². The van der Waals surface area contributed by atoms with Crippen LogP contribution in [0.4, 0.5) is 0 Å². The number of rotatable bonds is 28. The number of ether oxygens (including phenoxy) is 2. The summed E-state index contributed by atoms with van der Waals surface area (Å²) in [6.45, 7) is 13.7. The lowest BCUT2D eigenvalue weighted by molar-refractivity contribution is -0.284. The monoisotopic (exact) mass is 594 g/mol. The second-order valence-corrected chi connectivity index (χ2v) is 11.8. The maximum atomic E-state index is 6.49. The summed E-state index contributed by atoms with van der Waals surface area (Å²) in [4.78, 5) is 0. The third-order valence-corrected chi connectivity index (χ3v) is 7.99. The van der Waals surface area contributed by atoms with E-state index in [2.05, 4.69) is 34.6 Å². The second-order valence-electron chi connectivity index (χ2n) is 11.8. The van der Waals surface area contributed by atoms with Gasteiger partial charge in [0.15, 0.2) is 5.79 Å². The molecule has 0 atom stereocenters. The fraction of sp³-hybridized carbons (Fsp3) is 1.00. The Morgan fingerprint density at radius 2 is 0.784 bits per heavy atom. The summed E-state index contributed by atoms with van der Waals surface area (Å²) in [5.74, 6) is -0.527. The van der Waals surface area contributed by atoms with E-state index in [1.165, 1.54) is 116 Å². The maximum Gasteiger partial charge on any atom is 0.170 e. The first-order chi connectivity index (χ1) is 16.9. The molecule has 0 aromatic carbocycles. The van der Waals surface area contributed by atoms with Crippen molar-refractivity contribution in [3.05, 3.63) is 0 Å². The minimum atomic E-state index is -0.527. The van der Waals surface area contributed by atoms with Gasteiger partial charge in [0, 0.05) is 5.41 Å². The molecular formula is C32H71BrN2O2. The molecule has 0 aromatic heterocycles. The standard InChI is InChI=1S/C32H67NO2.BrH.H3N/c1-6-8-10-12-14-16-18-20-22-24-29-34-32(5,31(3,4)27-26-28-33)35-30-25-23-21-19-17-15-13-11-9-7-2;;/h6-30,33H2,1-5H3;1H;1H3. The van der Waals surface area contributed by atoms with Crippen LogP contribution < -0.4 is 11.9 Å². The first kappa shape index (κ1) is 41.8. The lowest BCUT2D eigenvalue weighted by Gasteiger charge is -2.44. The molecule has 0 spiro atoms. The Hall–Kier alpha value is 0.320. The van der Waals surface area contributed by atoms with Crippen LogP contribution in [0.25, 0.3) is 0 Å². The Balaban J connectivity index is -0.00000578. The highest BCUT2D eigenvalue weighted by Gasteiger charge is 2.42. The predicted octanol–water partition coefficient (Wildman–Crippen LogP) is 11.1. The Morgan fingerprint density at radius 1 is 0.486 bits per heavy atom. The van der Waals surface area contributed by atoms with Crippen molar-refractivity contribution in [1.82, 2.24) is 6.15 Å². The van der Waals surface area contributed by atoms with Gasteiger partial charge in [0.25, 0.3) is 0 Å². The Morgan fingerprint density at radius 3 is 1.08 bits per heavy atom. The molecule has 0 radical (unpaired) electrons. The Bertz CT molecular complexity index is 409. The van der Waals surface area contributed by atoms with E-state index in [-0.39, 0.29) is 28.5 Å². The quantitative estimate of drug-likeness (QED) is 0.0696. The normalized spacial score (nSPS) is 11.8. The highest BCUT2D eigenvalue weighted by atomic mass is 79.9. The van der Waals surface area contributed by atoms with Crippen molar-refractivity contribution in [2.24, 2.45) is 11.1 Å². The van der Waals surface area contributed by atoms with Gasteiger partial charge in [-0.2, -0.15) is 0 Å². The Labute approximate surface area is 244 Å². The van der Waals surface area contributed by atoms with Gasteiger partial charge in [0.05, 0.1) is 13.2 Å². The van der Waals surface area contributed by atoms with Gasteiger partial charge in [0.2, 0.25) is 0 Å². The van der Waals surface area contributed by atoms with Crippen molar-refractivity contribution in [1.29, 1.82) is 0 Å². The zero-order chi connectivity index (χ0) is 26.1. The third kappa shape index (κ3) is 23.9. The van der Waals surface area contributed by atoms with Crippen molar-refractivity contribution in [2.75, 3.05) is 19.8 Å². The van der Waals surface area contributed by atoms with E-state index in [1.807, 2.05) is 0 Å². The van der Waals surface area contributed by atoms with Gasteiger partial charge in [-0.3, -0.25) is 0 Å². The van der Waals surface area contributed by atoms with E-state index in [4.69, 9.17) is 15.2 Å². The van der Waals surface area contributed by atoms with Crippen LogP contribution in [0.5, 0.6) is 0 Å². The lowest BCUT2D eigenvalue weighted by Crippen LogP contribution is -2.47. The molecule has 0 aliphatic rings. The summed E-state index contributed by atoms with van der Waals surface area (Å²) in [5.41, 5.74) is 5.79. The summed E-state index contributed by atoms with van der Waals surface area (Å²) in [6, 6.07) is 0. The van der Waals surface area contributed by atoms with Crippen LogP contribution in [0, 0.1) is 5.41 Å². The van der Waals surface area contributed by atoms with Gasteiger partial charge in [-0.05, 0) is 39.2 Å². The molecule has 0 saturated heterocycles. The topological polar surface area (TPSA) is 79.5 Å². The number of unbranched alkanes of at least 4 members (excludes halogenated alkanes) is 18. The molecule has 5 heteroatoms. The largest absolute Gasteiger partial charge is 0.350 e. The molecular weight excluding hydrogens is 524 g/mol. The molecule has 0 unspecified atom stereocenters. The molecule has 0 rings (SSSR count). The smallest absolute Gasteiger partial charge is 0.170 e. The van der Waals surface area contributed by atoms with Crippen LogP contribution in [-0.4, -0.2) is 25.5 Å². The molecule has 37 heavy (non-hydrogen) atoms. The highest BCUT2D eigenvalue weighted by Crippen LogP contribution is 2.39. The summed E-state index contributed by atoms with van der Waals surface area (Å²) in [7, 11) is 0. The second kappa shape index (κ2) is 29.3. The van der Waals surface area contributed by atoms with Crippen LogP contribution in [0.1, 0.15) is 176 Å². The van der Waals surface area contributed by atoms with Crippen LogP contribution >= 0.6 is 17.0 Å². The average Bonchev–Trinajstić information content (AvgIpc) is 2.84. The first-order valence-electron chi connectivity index (χ1n) is 15.9. The van der Waals surface area contributed by atoms with Gasteiger partial charge < -0.3 is 21.4 Å². The van der Waals surface area contributed by atoms with Crippen molar-refractivity contribution in [2.45, 2.75) is 182 Å². The predicted molar refractivity (Wildman–Crippen MR) is 171 cm³/mol. The van der Waals surface area contributed by atoms with Crippen molar-refractivity contribution < 1.29 is 9.47 Å². The molecule has 0 aliphatic heterocycles. The fourth-order valence-corrected chi connectivity index (χ4v) is 4.92. The number of hydrogen-bond acceptors (Lipinski definition) is 4. The van der Waals surface area contributed by atoms with Crippen LogP contribution in [0.2, 0.25) is 0 Å². The van der Waals surface area contributed by atoms with E-state index in [1.54, 1.807) is 0 Å². The van der Waals surface area contributed by atoms with Crippen molar-refractivity contribution >= 4 is 17.0 Å². The summed E-state index contributed by atoms with van der Waals surface area (Å²) in [5, 5.41) is 0. The van der Waals surface area contributed by atoms with Crippen LogP contribution in [0.3, 0.4) is 0 Å². The molecule has 0 bridgehead atoms. The molecule has 0 aromatic rings. The third-order valence-electron chi connectivity index (χ3n) is 7.99. The minimum absolute atomic E-state index is 0. The molecule has 4 nitrogen and oxygen atoms in total. The van der Waals surface area contributed by atoms with Crippen LogP contribution in [-0.2, 0) is 9.47 Å². The summed E-state index contributed by atoms with van der Waals surface area (Å²) >= 11 is 0. The molecule has 5 N–H and O–H groups in total. The van der Waals surface area contributed by atoms with Crippen molar-refractivity contribution in [3.8, 4) is 0 Å². The van der Waals surface area contributed by atoms with Gasteiger partial charge in [-0.1, -0.05) is 143 Å². The lowest BCUT2D eigenvalue weighted by atomic mass is 9.79. The number of nitrogens with two attached hydrogens (primary N) is 1. The Kier molecular flexibility index (Phi) is 33.1. The number of halogens is 1. The van der Waals surface area contributed by atoms with E-state index in [0.29, 0.717) is 0 Å². The van der Waals surface area contributed by atoms with Gasteiger partial charge in [-0.25, -0.2) is 0 Å². The highest BCUT2D eigenvalue weighted by molar-refractivity contribution is 8.93. The SMILES string of the molecule is Br.CCCCCCCCCCCCOC(C)(OCCCCCCCCCCCC)C(C)(C)CCCN.N. The van der Waals surface area contributed by atoms with E-state index in [0.717, 1.165) is 45.4 Å². The maximum absolute atomic E-state index is 6.49. The number of hydrogen-bond donors (Lipinski definition) is 2. The summed E-state index contributed by atoms with van der Waals surface area (Å²) < 4.78 is 13.0. The molecule has 0 fully saturated rings. The molecule has 0 amide bonds. The fourth-order valence-electron chi connectivity index (χ4n) is 4.92. The van der Waals surface area contributed by atoms with Crippen molar-refractivity contribution in [3.63, 3.8) is 0 Å². The molecule has 0 aliphatic carbocycles. The average molecular weight is 596 g/mol. The summed E-state index contributed by atoms with van der Waals surface area (Å²) in [6.07, 6.45) is 29.1. The van der Waals surface area contributed by atoms with Crippen LogP contribution in [0.15, 0.2) is 0 Å². The molecule has 0 heterocycles.